The largest absolute Gasteiger partial charge is 0.308 e. The lowest BCUT2D eigenvalue weighted by Crippen LogP contribution is -2.00. The van der Waals surface area contributed by atoms with Crippen LogP contribution in [0.4, 0.5) is 0 Å². The summed E-state index contributed by atoms with van der Waals surface area (Å²) >= 11 is 0. The summed E-state index contributed by atoms with van der Waals surface area (Å²) in [6.45, 7) is 0. The third kappa shape index (κ3) is 3.29. The molecule has 0 saturated heterocycles. The number of hydrogen-bond acceptors (Lipinski definition) is 3. The van der Waals surface area contributed by atoms with Crippen molar-refractivity contribution in [3.8, 4) is 17.1 Å². The monoisotopic (exact) mass is 615 g/mol. The number of aromatic nitrogens is 7. The number of nitrogens with zero attached hydrogens (tertiary/aromatic N) is 7. The average molecular weight is 616 g/mol. The molecule has 11 rings (SSSR count). The van der Waals surface area contributed by atoms with Gasteiger partial charge in [0.15, 0.2) is 5.65 Å². The van der Waals surface area contributed by atoms with Gasteiger partial charge in [-0.05, 0) is 60.7 Å². The smallest absolute Gasteiger partial charge is 0.221 e. The molecule has 0 amide bonds. The Morgan fingerprint density at radius 3 is 1.77 bits per heavy atom. The Labute approximate surface area is 273 Å². The number of imidazole rings is 2. The van der Waals surface area contributed by atoms with Gasteiger partial charge in [-0.15, -0.1) is 0 Å². The topological polar surface area (TPSA) is 57.9 Å². The highest BCUT2D eigenvalue weighted by atomic mass is 15.2. The second kappa shape index (κ2) is 9.40. The van der Waals surface area contributed by atoms with Gasteiger partial charge in [0.2, 0.25) is 5.78 Å². The lowest BCUT2D eigenvalue weighted by atomic mass is 10.1. The fourth-order valence-corrected chi connectivity index (χ4v) is 7.79. The van der Waals surface area contributed by atoms with Gasteiger partial charge in [-0.3, -0.25) is 14.0 Å². The van der Waals surface area contributed by atoms with Gasteiger partial charge in [0.1, 0.15) is 5.52 Å². The highest BCUT2D eigenvalue weighted by Gasteiger charge is 2.22. The third-order valence-electron chi connectivity index (χ3n) is 9.68. The maximum Gasteiger partial charge on any atom is 0.221 e. The molecule has 7 heteroatoms. The van der Waals surface area contributed by atoms with Crippen molar-refractivity contribution in [1.82, 2.24) is 33.1 Å². The van der Waals surface area contributed by atoms with E-state index in [1.54, 1.807) is 0 Å². The molecule has 0 aliphatic carbocycles. The number of pyridine rings is 2. The Hall–Kier alpha value is -6.73. The van der Waals surface area contributed by atoms with Gasteiger partial charge >= 0.3 is 0 Å². The lowest BCUT2D eigenvalue weighted by Gasteiger charge is -2.12. The van der Waals surface area contributed by atoms with Crippen molar-refractivity contribution in [1.29, 1.82) is 0 Å². The van der Waals surface area contributed by atoms with Gasteiger partial charge in [0, 0.05) is 27.7 Å². The summed E-state index contributed by atoms with van der Waals surface area (Å²) < 4.78 is 9.11. The number of benzene rings is 5. The first-order valence-corrected chi connectivity index (χ1v) is 16.0. The zero-order valence-corrected chi connectivity index (χ0v) is 25.6. The molecule has 0 bridgehead atoms. The van der Waals surface area contributed by atoms with Crippen molar-refractivity contribution in [2.45, 2.75) is 0 Å². The standard InChI is InChI=1S/C41H25N7/c1-4-15-32-28(11-1)29-12-2-5-16-33(29)45(32)26-23-27(25-42-24-26)46-34-17-6-3-13-30(34)39-37(46)20-9-21-38(39)47-35-18-7-8-19-36(35)48-40-31(44-41(47)48)14-10-22-43-40/h1-25H. The summed E-state index contributed by atoms with van der Waals surface area (Å²) in [4.78, 5) is 14.7. The first-order chi connectivity index (χ1) is 23.8. The molecule has 0 fully saturated rings. The Morgan fingerprint density at radius 1 is 0.458 bits per heavy atom. The number of hydrogen-bond donors (Lipinski definition) is 0. The Kier molecular flexibility index (Phi) is 4.99. The fourth-order valence-electron chi connectivity index (χ4n) is 7.79. The zero-order valence-electron chi connectivity index (χ0n) is 25.6. The van der Waals surface area contributed by atoms with E-state index >= 15 is 0 Å². The minimum atomic E-state index is 0.837. The van der Waals surface area contributed by atoms with E-state index in [1.807, 2.05) is 30.7 Å². The predicted molar refractivity (Wildman–Crippen MR) is 194 cm³/mol. The average Bonchev–Trinajstić information content (AvgIpc) is 3.87. The van der Waals surface area contributed by atoms with E-state index in [-0.39, 0.29) is 0 Å². The molecule has 0 atom stereocenters. The van der Waals surface area contributed by atoms with Crippen LogP contribution < -0.4 is 0 Å². The summed E-state index contributed by atoms with van der Waals surface area (Å²) in [5, 5.41) is 4.77. The van der Waals surface area contributed by atoms with E-state index in [1.165, 1.54) is 10.8 Å². The highest BCUT2D eigenvalue weighted by Crippen LogP contribution is 2.39. The fraction of sp³-hybridized carbons (Fsp3) is 0. The quantitative estimate of drug-likeness (QED) is 0.199. The van der Waals surface area contributed by atoms with Gasteiger partial charge in [-0.25, -0.2) is 9.97 Å². The molecule has 48 heavy (non-hydrogen) atoms. The molecule has 6 heterocycles. The minimum absolute atomic E-state index is 0.837. The minimum Gasteiger partial charge on any atom is -0.308 e. The van der Waals surface area contributed by atoms with Crippen LogP contribution in [0.2, 0.25) is 0 Å². The first kappa shape index (κ1) is 25.5. The Balaban J connectivity index is 1.22. The van der Waals surface area contributed by atoms with Gasteiger partial charge in [0.25, 0.3) is 0 Å². The van der Waals surface area contributed by atoms with Crippen LogP contribution in [-0.4, -0.2) is 33.1 Å². The maximum atomic E-state index is 5.11. The van der Waals surface area contributed by atoms with Crippen LogP contribution in [-0.2, 0) is 0 Å². The van der Waals surface area contributed by atoms with E-state index < -0.39 is 0 Å². The van der Waals surface area contributed by atoms with Crippen molar-refractivity contribution in [2.24, 2.45) is 0 Å². The predicted octanol–water partition coefficient (Wildman–Crippen LogP) is 9.42. The van der Waals surface area contributed by atoms with Crippen LogP contribution in [0.5, 0.6) is 0 Å². The molecule has 224 valence electrons. The molecule has 0 unspecified atom stereocenters. The Morgan fingerprint density at radius 2 is 1.04 bits per heavy atom. The molecule has 0 aliphatic heterocycles. The van der Waals surface area contributed by atoms with Crippen molar-refractivity contribution in [3.05, 3.63) is 152 Å². The van der Waals surface area contributed by atoms with E-state index in [2.05, 4.69) is 139 Å². The van der Waals surface area contributed by atoms with E-state index in [0.29, 0.717) is 0 Å². The Bertz CT molecular complexity index is 3030. The van der Waals surface area contributed by atoms with Gasteiger partial charge in [-0.2, -0.15) is 0 Å². The molecule has 6 aromatic heterocycles. The third-order valence-corrected chi connectivity index (χ3v) is 9.68. The molecule has 0 spiro atoms. The first-order valence-electron chi connectivity index (χ1n) is 16.0. The summed E-state index contributed by atoms with van der Waals surface area (Å²) in [6.07, 6.45) is 5.76. The molecule has 0 N–H and O–H groups in total. The lowest BCUT2D eigenvalue weighted by molar-refractivity contribution is 1.09. The molecule has 0 radical (unpaired) electrons. The summed E-state index contributed by atoms with van der Waals surface area (Å²) in [5.41, 5.74) is 11.5. The molecule has 7 nitrogen and oxygen atoms in total. The second-order valence-electron chi connectivity index (χ2n) is 12.2. The normalized spacial score (nSPS) is 12.2. The van der Waals surface area contributed by atoms with Gasteiger partial charge < -0.3 is 9.13 Å². The molecular weight excluding hydrogens is 591 g/mol. The zero-order chi connectivity index (χ0) is 31.3. The van der Waals surface area contributed by atoms with Crippen molar-refractivity contribution >= 4 is 71.6 Å². The summed E-state index contributed by atoms with van der Waals surface area (Å²) in [5.74, 6) is 0.837. The van der Waals surface area contributed by atoms with E-state index in [9.17, 15) is 0 Å². The second-order valence-corrected chi connectivity index (χ2v) is 12.2. The molecule has 11 aromatic rings. The number of para-hydroxylation sites is 5. The number of fused-ring (bicyclic) bond motifs is 11. The maximum absolute atomic E-state index is 5.11. The molecular formula is C41H25N7. The van der Waals surface area contributed by atoms with Crippen molar-refractivity contribution < 1.29 is 0 Å². The van der Waals surface area contributed by atoms with Crippen LogP contribution in [0.15, 0.2) is 152 Å². The van der Waals surface area contributed by atoms with E-state index in [4.69, 9.17) is 15.0 Å². The molecule has 0 aliphatic rings. The van der Waals surface area contributed by atoms with Crippen LogP contribution in [0, 0.1) is 0 Å². The van der Waals surface area contributed by atoms with Crippen LogP contribution in [0.3, 0.4) is 0 Å². The summed E-state index contributed by atoms with van der Waals surface area (Å²) in [7, 11) is 0. The van der Waals surface area contributed by atoms with Crippen LogP contribution in [0.1, 0.15) is 0 Å². The SMILES string of the molecule is c1cnc2c(c1)nc1n(-c3cccc4c3c3ccccc3n4-c3cncc(-n4c5ccccc5c5ccccc54)c3)c3ccccc3n21. The van der Waals surface area contributed by atoms with E-state index in [0.717, 1.165) is 77.9 Å². The summed E-state index contributed by atoms with van der Waals surface area (Å²) in [6, 6.07) is 47.0. The van der Waals surface area contributed by atoms with Crippen LogP contribution >= 0.6 is 0 Å². The molecule has 0 saturated carbocycles. The highest BCUT2D eigenvalue weighted by molar-refractivity contribution is 6.14. The van der Waals surface area contributed by atoms with Gasteiger partial charge in [0.05, 0.1) is 62.6 Å². The van der Waals surface area contributed by atoms with Crippen molar-refractivity contribution in [2.75, 3.05) is 0 Å². The van der Waals surface area contributed by atoms with Crippen molar-refractivity contribution in [3.63, 3.8) is 0 Å². The number of rotatable bonds is 3. The van der Waals surface area contributed by atoms with Crippen LogP contribution in [0.25, 0.3) is 88.6 Å². The van der Waals surface area contributed by atoms with Gasteiger partial charge in [-0.1, -0.05) is 72.8 Å². The molecule has 5 aromatic carbocycles.